The average Bonchev–Trinajstić information content (AvgIpc) is 3.47. The molecule has 0 spiro atoms. The van der Waals surface area contributed by atoms with Gasteiger partial charge in [0.2, 0.25) is 0 Å². The molecule has 4 nitrogen and oxygen atoms in total. The second-order valence-corrected chi connectivity index (χ2v) is 7.24. The average molecular weight is 355 g/mol. The van der Waals surface area contributed by atoms with Gasteiger partial charge in [-0.05, 0) is 48.1 Å². The van der Waals surface area contributed by atoms with E-state index in [2.05, 4.69) is 28.3 Å². The number of fused-ring (bicyclic) bond motifs is 1. The van der Waals surface area contributed by atoms with Crippen LogP contribution in [0, 0.1) is 0 Å². The zero-order chi connectivity index (χ0) is 18.2. The molecule has 27 heavy (non-hydrogen) atoms. The lowest BCUT2D eigenvalue weighted by atomic mass is 9.93. The summed E-state index contributed by atoms with van der Waals surface area (Å²) in [4.78, 5) is 4.63. The van der Waals surface area contributed by atoms with Gasteiger partial charge < -0.3 is 10.3 Å². The second kappa shape index (κ2) is 6.63. The number of pyridine rings is 1. The third kappa shape index (κ3) is 3.02. The van der Waals surface area contributed by atoms with Crippen LogP contribution < -0.4 is 5.73 Å². The van der Waals surface area contributed by atoms with E-state index in [1.807, 2.05) is 48.7 Å². The molecule has 2 aromatic heterocycles. The molecule has 1 aliphatic carbocycles. The summed E-state index contributed by atoms with van der Waals surface area (Å²) in [5.74, 6) is 0.663. The summed E-state index contributed by atoms with van der Waals surface area (Å²) in [7, 11) is 0. The maximum Gasteiger partial charge on any atom is 0.167 e. The van der Waals surface area contributed by atoms with E-state index in [1.54, 1.807) is 0 Å². The molecule has 2 N–H and O–H groups in total. The van der Waals surface area contributed by atoms with Crippen molar-refractivity contribution in [2.75, 3.05) is 0 Å². The maximum atomic E-state index is 6.67. The summed E-state index contributed by atoms with van der Waals surface area (Å²) in [6.45, 7) is 0. The Bertz CT molecular complexity index is 1100. The number of nitrogens with two attached hydrogens (primary N) is 1. The van der Waals surface area contributed by atoms with E-state index in [1.165, 1.54) is 18.4 Å². The number of nitrogens with zero attached hydrogens (tertiary/aromatic N) is 2. The van der Waals surface area contributed by atoms with Crippen LogP contribution in [0.15, 0.2) is 71.4 Å². The molecule has 0 aliphatic heterocycles. The molecule has 1 aliphatic rings. The molecule has 134 valence electrons. The van der Waals surface area contributed by atoms with Crippen LogP contribution in [-0.2, 0) is 6.42 Å². The minimum Gasteiger partial charge on any atom is -0.356 e. The fraction of sp³-hybridized carbons (Fsp3) is 0.217. The highest BCUT2D eigenvalue weighted by atomic mass is 16.5. The largest absolute Gasteiger partial charge is 0.356 e. The van der Waals surface area contributed by atoms with Crippen LogP contribution >= 0.6 is 0 Å². The topological polar surface area (TPSA) is 64.9 Å². The van der Waals surface area contributed by atoms with Gasteiger partial charge in [0, 0.05) is 35.3 Å². The molecule has 0 saturated heterocycles. The van der Waals surface area contributed by atoms with Gasteiger partial charge in [-0.3, -0.25) is 4.98 Å². The van der Waals surface area contributed by atoms with E-state index >= 15 is 0 Å². The molecule has 0 amide bonds. The quantitative estimate of drug-likeness (QED) is 0.546. The normalized spacial score (nSPS) is 15.1. The Morgan fingerprint density at radius 1 is 1.00 bits per heavy atom. The lowest BCUT2D eigenvalue weighted by Gasteiger charge is -2.17. The molecule has 1 saturated carbocycles. The van der Waals surface area contributed by atoms with Crippen molar-refractivity contribution in [2.45, 2.75) is 31.2 Å². The van der Waals surface area contributed by atoms with Gasteiger partial charge in [-0.2, -0.15) is 0 Å². The van der Waals surface area contributed by atoms with Crippen molar-refractivity contribution in [3.63, 3.8) is 0 Å². The van der Waals surface area contributed by atoms with Gasteiger partial charge >= 0.3 is 0 Å². The first-order valence-corrected chi connectivity index (χ1v) is 9.44. The van der Waals surface area contributed by atoms with Gasteiger partial charge in [-0.15, -0.1) is 0 Å². The van der Waals surface area contributed by atoms with Crippen molar-refractivity contribution in [1.29, 1.82) is 0 Å². The fourth-order valence-electron chi connectivity index (χ4n) is 3.82. The Kier molecular flexibility index (Phi) is 3.98. The first-order chi connectivity index (χ1) is 13.3. The minimum absolute atomic E-state index is 0.149. The van der Waals surface area contributed by atoms with Gasteiger partial charge in [0.05, 0.1) is 0 Å². The fourth-order valence-corrected chi connectivity index (χ4v) is 3.82. The second-order valence-electron chi connectivity index (χ2n) is 7.24. The van der Waals surface area contributed by atoms with Gasteiger partial charge in [0.15, 0.2) is 5.58 Å². The molecular weight excluding hydrogens is 334 g/mol. The van der Waals surface area contributed by atoms with Gasteiger partial charge in [-0.1, -0.05) is 47.6 Å². The summed E-state index contributed by atoms with van der Waals surface area (Å²) in [6.07, 6.45) is 5.11. The van der Waals surface area contributed by atoms with Crippen LogP contribution in [0.3, 0.4) is 0 Å². The van der Waals surface area contributed by atoms with E-state index in [0.29, 0.717) is 5.92 Å². The predicted molar refractivity (Wildman–Crippen MR) is 106 cm³/mol. The SMILES string of the molecule is N[C@@H](Cc1ncccc1C1CC1)c1ccccc1-c1noc2ccccc12. The zero-order valence-corrected chi connectivity index (χ0v) is 15.0. The van der Waals surface area contributed by atoms with E-state index in [-0.39, 0.29) is 6.04 Å². The Hall–Kier alpha value is -2.98. The number of para-hydroxylation sites is 1. The summed E-state index contributed by atoms with van der Waals surface area (Å²) >= 11 is 0. The highest BCUT2D eigenvalue weighted by Gasteiger charge is 2.27. The number of hydrogen-bond acceptors (Lipinski definition) is 4. The molecule has 0 radical (unpaired) electrons. The number of hydrogen-bond donors (Lipinski definition) is 1. The van der Waals surface area contributed by atoms with Crippen molar-refractivity contribution in [3.8, 4) is 11.3 Å². The standard InChI is InChI=1S/C23H21N3O/c24-20(14-21-16(15-11-12-15)9-5-13-25-21)17-6-1-2-7-18(17)23-19-8-3-4-10-22(19)27-26-23/h1-10,13,15,20H,11-12,14,24H2/t20-/m0/s1. The van der Waals surface area contributed by atoms with Gasteiger partial charge in [0.1, 0.15) is 5.69 Å². The van der Waals surface area contributed by atoms with Crippen molar-refractivity contribution in [3.05, 3.63) is 83.7 Å². The van der Waals surface area contributed by atoms with Crippen LogP contribution in [0.4, 0.5) is 0 Å². The molecular formula is C23H21N3O. The molecule has 1 atom stereocenters. The first-order valence-electron chi connectivity index (χ1n) is 9.44. The highest BCUT2D eigenvalue weighted by molar-refractivity contribution is 5.92. The summed E-state index contributed by atoms with van der Waals surface area (Å²) in [5.41, 5.74) is 12.9. The monoisotopic (exact) mass is 355 g/mol. The van der Waals surface area contributed by atoms with E-state index in [9.17, 15) is 0 Å². The molecule has 1 fully saturated rings. The lowest BCUT2D eigenvalue weighted by Crippen LogP contribution is -2.16. The highest BCUT2D eigenvalue weighted by Crippen LogP contribution is 2.42. The molecule has 2 heterocycles. The smallest absolute Gasteiger partial charge is 0.167 e. The van der Waals surface area contributed by atoms with Crippen LogP contribution in [-0.4, -0.2) is 10.1 Å². The Balaban J connectivity index is 1.53. The van der Waals surface area contributed by atoms with Crippen LogP contribution in [0.2, 0.25) is 0 Å². The third-order valence-electron chi connectivity index (χ3n) is 5.35. The van der Waals surface area contributed by atoms with E-state index in [4.69, 9.17) is 10.3 Å². The van der Waals surface area contributed by atoms with Crippen molar-refractivity contribution < 1.29 is 4.52 Å². The van der Waals surface area contributed by atoms with Crippen LogP contribution in [0.25, 0.3) is 22.2 Å². The molecule has 4 aromatic rings. The van der Waals surface area contributed by atoms with Gasteiger partial charge in [-0.25, -0.2) is 0 Å². The molecule has 2 aromatic carbocycles. The number of aromatic nitrogens is 2. The molecule has 5 rings (SSSR count). The zero-order valence-electron chi connectivity index (χ0n) is 15.0. The summed E-state index contributed by atoms with van der Waals surface area (Å²) in [6, 6.07) is 20.2. The van der Waals surface area contributed by atoms with Crippen LogP contribution in [0.1, 0.15) is 41.6 Å². The Labute approximate surface area is 158 Å². The van der Waals surface area contributed by atoms with Crippen molar-refractivity contribution >= 4 is 11.0 Å². The summed E-state index contributed by atoms with van der Waals surface area (Å²) < 4.78 is 5.51. The minimum atomic E-state index is -0.149. The first kappa shape index (κ1) is 16.2. The predicted octanol–water partition coefficient (Wildman–Crippen LogP) is 5.01. The lowest BCUT2D eigenvalue weighted by molar-refractivity contribution is 0.459. The van der Waals surface area contributed by atoms with E-state index in [0.717, 1.165) is 39.9 Å². The number of benzene rings is 2. The van der Waals surface area contributed by atoms with Gasteiger partial charge in [0.25, 0.3) is 0 Å². The van der Waals surface area contributed by atoms with Crippen molar-refractivity contribution in [2.24, 2.45) is 5.73 Å². The number of rotatable bonds is 5. The van der Waals surface area contributed by atoms with E-state index < -0.39 is 0 Å². The van der Waals surface area contributed by atoms with Crippen LogP contribution in [0.5, 0.6) is 0 Å². The summed E-state index contributed by atoms with van der Waals surface area (Å²) in [5, 5.41) is 5.33. The molecule has 4 heteroatoms. The molecule has 0 unspecified atom stereocenters. The molecule has 0 bridgehead atoms. The Morgan fingerprint density at radius 2 is 1.81 bits per heavy atom. The van der Waals surface area contributed by atoms with Crippen molar-refractivity contribution in [1.82, 2.24) is 10.1 Å². The Morgan fingerprint density at radius 3 is 2.70 bits per heavy atom. The third-order valence-corrected chi connectivity index (χ3v) is 5.35. The maximum absolute atomic E-state index is 6.67.